The van der Waals surface area contributed by atoms with E-state index in [0.29, 0.717) is 22.8 Å². The SMILES string of the molecule is NC(=O)c1ccc(Cl)c(NCC2(CO)CCCCC2)c1. The number of aliphatic hydroxyl groups is 1. The van der Waals surface area contributed by atoms with Crippen molar-refractivity contribution in [2.45, 2.75) is 32.1 Å². The zero-order valence-electron chi connectivity index (χ0n) is 11.5. The van der Waals surface area contributed by atoms with Crippen LogP contribution < -0.4 is 11.1 Å². The van der Waals surface area contributed by atoms with Gasteiger partial charge in [0.05, 0.1) is 17.3 Å². The highest BCUT2D eigenvalue weighted by molar-refractivity contribution is 6.33. The van der Waals surface area contributed by atoms with E-state index in [1.807, 2.05) is 0 Å². The second kappa shape index (κ2) is 6.46. The molecule has 2 rings (SSSR count). The molecule has 5 heteroatoms. The van der Waals surface area contributed by atoms with Crippen LogP contribution >= 0.6 is 11.6 Å². The molecule has 0 radical (unpaired) electrons. The molecule has 1 aromatic rings. The summed E-state index contributed by atoms with van der Waals surface area (Å²) in [7, 11) is 0. The Morgan fingerprint density at radius 1 is 1.35 bits per heavy atom. The normalized spacial score (nSPS) is 17.7. The summed E-state index contributed by atoms with van der Waals surface area (Å²) in [6, 6.07) is 4.94. The van der Waals surface area contributed by atoms with Crippen LogP contribution in [-0.4, -0.2) is 24.2 Å². The van der Waals surface area contributed by atoms with Gasteiger partial charge in [-0.15, -0.1) is 0 Å². The number of halogens is 1. The van der Waals surface area contributed by atoms with Gasteiger partial charge in [-0.3, -0.25) is 4.79 Å². The zero-order valence-corrected chi connectivity index (χ0v) is 12.2. The number of carbonyl (C=O) groups excluding carboxylic acids is 1. The summed E-state index contributed by atoms with van der Waals surface area (Å²) in [4.78, 5) is 11.2. The van der Waals surface area contributed by atoms with Gasteiger partial charge in [0, 0.05) is 17.5 Å². The molecule has 0 aliphatic heterocycles. The molecule has 110 valence electrons. The van der Waals surface area contributed by atoms with Crippen molar-refractivity contribution >= 4 is 23.2 Å². The van der Waals surface area contributed by atoms with Crippen molar-refractivity contribution < 1.29 is 9.90 Å². The fourth-order valence-electron chi connectivity index (χ4n) is 2.79. The molecule has 4 N–H and O–H groups in total. The third-order valence-corrected chi connectivity index (χ3v) is 4.48. The number of aliphatic hydroxyl groups excluding tert-OH is 1. The van der Waals surface area contributed by atoms with Crippen molar-refractivity contribution in [2.24, 2.45) is 11.1 Å². The average Bonchev–Trinajstić information content (AvgIpc) is 2.47. The van der Waals surface area contributed by atoms with Crippen molar-refractivity contribution in [2.75, 3.05) is 18.5 Å². The number of nitrogens with two attached hydrogens (primary N) is 1. The molecular formula is C15H21ClN2O2. The highest BCUT2D eigenvalue weighted by atomic mass is 35.5. The van der Waals surface area contributed by atoms with Gasteiger partial charge >= 0.3 is 0 Å². The zero-order chi connectivity index (χ0) is 14.6. The fraction of sp³-hybridized carbons (Fsp3) is 0.533. The van der Waals surface area contributed by atoms with Gasteiger partial charge in [-0.05, 0) is 31.0 Å². The van der Waals surface area contributed by atoms with Crippen LogP contribution in [0.4, 0.5) is 5.69 Å². The van der Waals surface area contributed by atoms with Crippen LogP contribution in [0.3, 0.4) is 0 Å². The van der Waals surface area contributed by atoms with Crippen LogP contribution in [0.1, 0.15) is 42.5 Å². The molecule has 1 aliphatic carbocycles. The number of primary amides is 1. The first-order valence-corrected chi connectivity index (χ1v) is 7.38. The van der Waals surface area contributed by atoms with E-state index in [4.69, 9.17) is 17.3 Å². The van der Waals surface area contributed by atoms with Crippen molar-refractivity contribution in [3.8, 4) is 0 Å². The molecule has 0 saturated heterocycles. The summed E-state index contributed by atoms with van der Waals surface area (Å²) < 4.78 is 0. The standard InChI is InChI=1S/C15H21ClN2O2/c16-12-5-4-11(14(17)20)8-13(12)18-9-15(10-19)6-2-1-3-7-15/h4-5,8,18-19H,1-3,6-7,9-10H2,(H2,17,20). The summed E-state index contributed by atoms with van der Waals surface area (Å²) in [5, 5.41) is 13.5. The maximum Gasteiger partial charge on any atom is 0.248 e. The van der Waals surface area contributed by atoms with Crippen LogP contribution in [0.25, 0.3) is 0 Å². The largest absolute Gasteiger partial charge is 0.396 e. The van der Waals surface area contributed by atoms with E-state index in [1.165, 1.54) is 6.42 Å². The Morgan fingerprint density at radius 3 is 2.65 bits per heavy atom. The van der Waals surface area contributed by atoms with Gasteiger partial charge < -0.3 is 16.2 Å². The van der Waals surface area contributed by atoms with Gasteiger partial charge in [-0.1, -0.05) is 30.9 Å². The van der Waals surface area contributed by atoms with E-state index < -0.39 is 5.91 Å². The van der Waals surface area contributed by atoms with Crippen LogP contribution in [0.5, 0.6) is 0 Å². The predicted octanol–water partition coefficient (Wildman–Crippen LogP) is 2.79. The van der Waals surface area contributed by atoms with Gasteiger partial charge in [0.25, 0.3) is 0 Å². The van der Waals surface area contributed by atoms with Gasteiger partial charge in [-0.2, -0.15) is 0 Å². The highest BCUT2D eigenvalue weighted by Crippen LogP contribution is 2.36. The van der Waals surface area contributed by atoms with E-state index in [9.17, 15) is 9.90 Å². The molecule has 1 saturated carbocycles. The summed E-state index contributed by atoms with van der Waals surface area (Å²) in [5.41, 5.74) is 6.32. The lowest BCUT2D eigenvalue weighted by molar-refractivity contribution is 0.0944. The Morgan fingerprint density at radius 2 is 2.05 bits per heavy atom. The monoisotopic (exact) mass is 296 g/mol. The lowest BCUT2D eigenvalue weighted by Crippen LogP contribution is -2.35. The molecule has 4 nitrogen and oxygen atoms in total. The minimum Gasteiger partial charge on any atom is -0.396 e. The van der Waals surface area contributed by atoms with Crippen molar-refractivity contribution in [1.29, 1.82) is 0 Å². The quantitative estimate of drug-likeness (QED) is 0.782. The molecule has 0 unspecified atom stereocenters. The Kier molecular flexibility index (Phi) is 4.89. The van der Waals surface area contributed by atoms with Gasteiger partial charge in [0.15, 0.2) is 0 Å². The number of rotatable bonds is 5. The molecular weight excluding hydrogens is 276 g/mol. The van der Waals surface area contributed by atoms with Crippen LogP contribution in [0.15, 0.2) is 18.2 Å². The van der Waals surface area contributed by atoms with E-state index in [0.717, 1.165) is 25.7 Å². The van der Waals surface area contributed by atoms with Crippen LogP contribution in [0.2, 0.25) is 5.02 Å². The molecule has 0 bridgehead atoms. The second-order valence-corrected chi connectivity index (χ2v) is 6.04. The molecule has 0 spiro atoms. The first-order chi connectivity index (χ1) is 9.56. The number of benzene rings is 1. The minimum absolute atomic E-state index is 0.0791. The smallest absolute Gasteiger partial charge is 0.248 e. The van der Waals surface area contributed by atoms with Crippen molar-refractivity contribution in [3.05, 3.63) is 28.8 Å². The maximum absolute atomic E-state index is 11.2. The first kappa shape index (κ1) is 15.1. The van der Waals surface area contributed by atoms with Gasteiger partial charge in [0.2, 0.25) is 5.91 Å². The Hall–Kier alpha value is -1.26. The number of nitrogens with one attached hydrogen (secondary N) is 1. The van der Waals surface area contributed by atoms with E-state index >= 15 is 0 Å². The van der Waals surface area contributed by atoms with Gasteiger partial charge in [0.1, 0.15) is 0 Å². The Balaban J connectivity index is 2.09. The minimum atomic E-state index is -0.473. The molecule has 1 aromatic carbocycles. The molecule has 1 amide bonds. The molecule has 20 heavy (non-hydrogen) atoms. The number of hydrogen-bond donors (Lipinski definition) is 3. The molecule has 1 fully saturated rings. The topological polar surface area (TPSA) is 75.4 Å². The summed E-state index contributed by atoms with van der Waals surface area (Å²) in [6.07, 6.45) is 5.57. The Labute approximate surface area is 124 Å². The summed E-state index contributed by atoms with van der Waals surface area (Å²) >= 11 is 6.13. The summed E-state index contributed by atoms with van der Waals surface area (Å²) in [6.45, 7) is 0.832. The number of carbonyl (C=O) groups is 1. The Bertz CT molecular complexity index is 485. The predicted molar refractivity (Wildman–Crippen MR) is 81.1 cm³/mol. The second-order valence-electron chi connectivity index (χ2n) is 5.63. The summed E-state index contributed by atoms with van der Waals surface area (Å²) in [5.74, 6) is -0.473. The third-order valence-electron chi connectivity index (χ3n) is 4.15. The lowest BCUT2D eigenvalue weighted by atomic mass is 9.74. The van der Waals surface area contributed by atoms with E-state index in [1.54, 1.807) is 18.2 Å². The van der Waals surface area contributed by atoms with E-state index in [2.05, 4.69) is 5.32 Å². The molecule has 0 atom stereocenters. The van der Waals surface area contributed by atoms with Crippen LogP contribution in [0, 0.1) is 5.41 Å². The average molecular weight is 297 g/mol. The third kappa shape index (κ3) is 3.44. The van der Waals surface area contributed by atoms with Crippen LogP contribution in [-0.2, 0) is 0 Å². The lowest BCUT2D eigenvalue weighted by Gasteiger charge is -2.36. The number of hydrogen-bond acceptors (Lipinski definition) is 3. The molecule has 0 heterocycles. The first-order valence-electron chi connectivity index (χ1n) is 7.00. The highest BCUT2D eigenvalue weighted by Gasteiger charge is 2.31. The fourth-order valence-corrected chi connectivity index (χ4v) is 2.97. The number of anilines is 1. The van der Waals surface area contributed by atoms with Crippen molar-refractivity contribution in [1.82, 2.24) is 0 Å². The maximum atomic E-state index is 11.2. The van der Waals surface area contributed by atoms with E-state index in [-0.39, 0.29) is 12.0 Å². The van der Waals surface area contributed by atoms with Crippen molar-refractivity contribution in [3.63, 3.8) is 0 Å². The molecule has 1 aliphatic rings. The molecule has 0 aromatic heterocycles. The number of amides is 1. The van der Waals surface area contributed by atoms with Gasteiger partial charge in [-0.25, -0.2) is 0 Å².